The second-order valence-corrected chi connectivity index (χ2v) is 13.2. The Morgan fingerprint density at radius 1 is 0.396 bits per heavy atom. The van der Waals surface area contributed by atoms with Crippen molar-refractivity contribution in [2.24, 2.45) is 0 Å². The zero-order chi connectivity index (χ0) is 35.3. The molecule has 0 aliphatic carbocycles. The predicted octanol–water partition coefficient (Wildman–Crippen LogP) is 11.8. The van der Waals surface area contributed by atoms with Gasteiger partial charge in [-0.15, -0.1) is 0 Å². The van der Waals surface area contributed by atoms with Gasteiger partial charge in [0.2, 0.25) is 0 Å². The molecule has 246 valence electrons. The Bertz CT molecular complexity index is 3000. The number of hydrogen-bond acceptors (Lipinski definition) is 4. The Balaban J connectivity index is 1.18. The van der Waals surface area contributed by atoms with Gasteiger partial charge < -0.3 is 4.57 Å². The third kappa shape index (κ3) is 5.13. The fourth-order valence-corrected chi connectivity index (χ4v) is 7.60. The van der Waals surface area contributed by atoms with Crippen molar-refractivity contribution >= 4 is 43.4 Å². The third-order valence-corrected chi connectivity index (χ3v) is 10.1. The van der Waals surface area contributed by atoms with Gasteiger partial charge in [0.05, 0.1) is 28.4 Å². The van der Waals surface area contributed by atoms with Crippen LogP contribution in [0.3, 0.4) is 0 Å². The molecule has 0 atom stereocenters. The first kappa shape index (κ1) is 30.4. The molecule has 5 heteroatoms. The predicted molar refractivity (Wildman–Crippen MR) is 216 cm³/mol. The first-order valence-corrected chi connectivity index (χ1v) is 17.6. The van der Waals surface area contributed by atoms with Crippen molar-refractivity contribution in [1.82, 2.24) is 19.5 Å². The zero-order valence-corrected chi connectivity index (χ0v) is 28.5. The number of benzene rings is 8. The van der Waals surface area contributed by atoms with Gasteiger partial charge in [0.1, 0.15) is 0 Å². The number of aromatic nitrogens is 4. The maximum absolute atomic E-state index is 9.90. The minimum absolute atomic E-state index is 0.623. The lowest BCUT2D eigenvalue weighted by Crippen LogP contribution is -2.00. The van der Waals surface area contributed by atoms with E-state index < -0.39 is 0 Å². The van der Waals surface area contributed by atoms with Crippen molar-refractivity contribution in [2.45, 2.75) is 0 Å². The normalized spacial score (nSPS) is 11.4. The fourth-order valence-electron chi connectivity index (χ4n) is 7.60. The Morgan fingerprint density at radius 3 is 1.64 bits per heavy atom. The van der Waals surface area contributed by atoms with E-state index in [1.807, 2.05) is 72.8 Å². The molecule has 53 heavy (non-hydrogen) atoms. The van der Waals surface area contributed by atoms with Crippen LogP contribution in [0.25, 0.3) is 94.3 Å². The van der Waals surface area contributed by atoms with Gasteiger partial charge in [0, 0.05) is 32.8 Å². The van der Waals surface area contributed by atoms with Crippen molar-refractivity contribution in [1.29, 1.82) is 5.26 Å². The Morgan fingerprint density at radius 2 is 0.943 bits per heavy atom. The van der Waals surface area contributed by atoms with E-state index in [0.717, 1.165) is 66.1 Å². The molecule has 2 heterocycles. The van der Waals surface area contributed by atoms with Crippen LogP contribution in [0.1, 0.15) is 5.56 Å². The van der Waals surface area contributed by atoms with Crippen molar-refractivity contribution < 1.29 is 0 Å². The molecule has 0 unspecified atom stereocenters. The smallest absolute Gasteiger partial charge is 0.164 e. The van der Waals surface area contributed by atoms with Crippen LogP contribution in [-0.2, 0) is 0 Å². The molecule has 0 bridgehead atoms. The summed E-state index contributed by atoms with van der Waals surface area (Å²) in [6.07, 6.45) is 0. The van der Waals surface area contributed by atoms with Gasteiger partial charge in [-0.25, -0.2) is 15.0 Å². The minimum Gasteiger partial charge on any atom is -0.309 e. The summed E-state index contributed by atoms with van der Waals surface area (Å²) in [6.45, 7) is 0. The molecular formula is C48H29N5. The molecule has 0 saturated carbocycles. The summed E-state index contributed by atoms with van der Waals surface area (Å²) in [4.78, 5) is 15.0. The highest BCUT2D eigenvalue weighted by Crippen LogP contribution is 2.40. The van der Waals surface area contributed by atoms with Gasteiger partial charge in [-0.3, -0.25) is 0 Å². The summed E-state index contributed by atoms with van der Waals surface area (Å²) in [6, 6.07) is 62.9. The lowest BCUT2D eigenvalue weighted by molar-refractivity contribution is 1.08. The number of rotatable bonds is 5. The second-order valence-electron chi connectivity index (χ2n) is 13.2. The first-order valence-electron chi connectivity index (χ1n) is 17.6. The van der Waals surface area contributed by atoms with Crippen LogP contribution in [0.2, 0.25) is 0 Å². The minimum atomic E-state index is 0.623. The maximum atomic E-state index is 9.90. The van der Waals surface area contributed by atoms with E-state index in [-0.39, 0.29) is 0 Å². The lowest BCUT2D eigenvalue weighted by Gasteiger charge is -2.14. The van der Waals surface area contributed by atoms with Gasteiger partial charge in [0.25, 0.3) is 0 Å². The highest BCUT2D eigenvalue weighted by molar-refractivity contribution is 6.13. The average molecular weight is 676 g/mol. The van der Waals surface area contributed by atoms with Gasteiger partial charge in [-0.1, -0.05) is 133 Å². The largest absolute Gasteiger partial charge is 0.309 e. The van der Waals surface area contributed by atoms with E-state index in [4.69, 9.17) is 15.0 Å². The highest BCUT2D eigenvalue weighted by atomic mass is 15.0. The van der Waals surface area contributed by atoms with Crippen molar-refractivity contribution in [3.8, 4) is 57.0 Å². The van der Waals surface area contributed by atoms with Gasteiger partial charge >= 0.3 is 0 Å². The molecule has 2 aromatic heterocycles. The van der Waals surface area contributed by atoms with Crippen LogP contribution < -0.4 is 0 Å². The molecular weight excluding hydrogens is 647 g/mol. The molecule has 5 nitrogen and oxygen atoms in total. The topological polar surface area (TPSA) is 67.4 Å². The van der Waals surface area contributed by atoms with Crippen LogP contribution in [0.5, 0.6) is 0 Å². The summed E-state index contributed by atoms with van der Waals surface area (Å²) in [5.74, 6) is 1.89. The molecule has 0 amide bonds. The van der Waals surface area contributed by atoms with Crippen LogP contribution in [0.4, 0.5) is 0 Å². The van der Waals surface area contributed by atoms with E-state index in [1.54, 1.807) is 0 Å². The monoisotopic (exact) mass is 675 g/mol. The quantitative estimate of drug-likeness (QED) is 0.182. The van der Waals surface area contributed by atoms with E-state index in [0.29, 0.717) is 23.0 Å². The van der Waals surface area contributed by atoms with Crippen molar-refractivity contribution in [3.63, 3.8) is 0 Å². The summed E-state index contributed by atoms with van der Waals surface area (Å²) in [5.41, 5.74) is 8.89. The Kier molecular flexibility index (Phi) is 7.12. The third-order valence-electron chi connectivity index (χ3n) is 10.1. The first-order chi connectivity index (χ1) is 26.2. The average Bonchev–Trinajstić information content (AvgIpc) is 3.56. The summed E-state index contributed by atoms with van der Waals surface area (Å²) in [7, 11) is 0. The summed E-state index contributed by atoms with van der Waals surface area (Å²) >= 11 is 0. The molecule has 0 radical (unpaired) electrons. The Hall–Kier alpha value is -7.42. The summed E-state index contributed by atoms with van der Waals surface area (Å²) < 4.78 is 2.33. The molecule has 8 aromatic carbocycles. The standard InChI is InChI=1S/C48H29N5/c49-30-31-22-26-44-41(28-31)42-29-35(23-27-45(42)53(44)43-21-11-17-32-12-7-8-18-37(32)43)36-24-25-40(39-20-10-9-19-38(36)39)48-51-46(33-13-3-1-4-14-33)50-47(52-48)34-15-5-2-6-16-34/h1-29H. The van der Waals surface area contributed by atoms with Crippen molar-refractivity contribution in [3.05, 3.63) is 181 Å². The van der Waals surface area contributed by atoms with Gasteiger partial charge in [-0.2, -0.15) is 5.26 Å². The van der Waals surface area contributed by atoms with E-state index in [2.05, 4.69) is 114 Å². The molecule has 0 fully saturated rings. The zero-order valence-electron chi connectivity index (χ0n) is 28.5. The van der Waals surface area contributed by atoms with Crippen LogP contribution in [0, 0.1) is 11.3 Å². The summed E-state index contributed by atoms with van der Waals surface area (Å²) in [5, 5.41) is 16.5. The molecule has 0 aliphatic rings. The van der Waals surface area contributed by atoms with E-state index >= 15 is 0 Å². The molecule has 0 N–H and O–H groups in total. The number of nitriles is 1. The number of nitrogens with zero attached hydrogens (tertiary/aromatic N) is 5. The van der Waals surface area contributed by atoms with Crippen molar-refractivity contribution in [2.75, 3.05) is 0 Å². The molecule has 0 spiro atoms. The molecule has 10 aromatic rings. The second kappa shape index (κ2) is 12.4. The van der Waals surface area contributed by atoms with Gasteiger partial charge in [0.15, 0.2) is 17.5 Å². The van der Waals surface area contributed by atoms with E-state index in [9.17, 15) is 5.26 Å². The number of hydrogen-bond donors (Lipinski definition) is 0. The lowest BCUT2D eigenvalue weighted by atomic mass is 9.93. The van der Waals surface area contributed by atoms with E-state index in [1.165, 1.54) is 10.8 Å². The SMILES string of the molecule is N#Cc1ccc2c(c1)c1cc(-c3ccc(-c4nc(-c5ccccc5)nc(-c5ccccc5)n4)c4ccccc34)ccc1n2-c1cccc2ccccc12. The van der Waals surface area contributed by atoms with Crippen LogP contribution in [0.15, 0.2) is 176 Å². The van der Waals surface area contributed by atoms with Crippen LogP contribution in [-0.4, -0.2) is 19.5 Å². The maximum Gasteiger partial charge on any atom is 0.164 e. The van der Waals surface area contributed by atoms with Crippen LogP contribution >= 0.6 is 0 Å². The Labute approximate surface area is 305 Å². The number of fused-ring (bicyclic) bond motifs is 5. The van der Waals surface area contributed by atoms with Gasteiger partial charge in [-0.05, 0) is 69.8 Å². The molecule has 0 saturated heterocycles. The highest BCUT2D eigenvalue weighted by Gasteiger charge is 2.19. The molecule has 0 aliphatic heterocycles. The fraction of sp³-hybridized carbons (Fsp3) is 0. The molecule has 10 rings (SSSR count).